The van der Waals surface area contributed by atoms with Crippen molar-refractivity contribution in [2.45, 2.75) is 44.7 Å². The third kappa shape index (κ3) is 5.71. The van der Waals surface area contributed by atoms with Crippen LogP contribution in [0.2, 0.25) is 0 Å². The Hall–Kier alpha value is -2.11. The van der Waals surface area contributed by atoms with Crippen LogP contribution < -0.4 is 5.32 Å². The third-order valence-electron chi connectivity index (χ3n) is 6.50. The first-order valence-electron chi connectivity index (χ1n) is 11.1. The lowest BCUT2D eigenvalue weighted by Crippen LogP contribution is -2.50. The van der Waals surface area contributed by atoms with Crippen molar-refractivity contribution in [2.24, 2.45) is 5.92 Å². The van der Waals surface area contributed by atoms with E-state index in [0.717, 1.165) is 44.5 Å². The van der Waals surface area contributed by atoms with Gasteiger partial charge in [0.15, 0.2) is 0 Å². The van der Waals surface area contributed by atoms with E-state index in [1.807, 2.05) is 6.07 Å². The maximum atomic E-state index is 12.6. The number of amides is 1. The number of furan rings is 1. The van der Waals surface area contributed by atoms with Crippen LogP contribution in [0.15, 0.2) is 53.3 Å². The molecule has 1 unspecified atom stereocenters. The third-order valence-corrected chi connectivity index (χ3v) is 6.50. The second-order valence-corrected chi connectivity index (χ2v) is 8.49. The van der Waals surface area contributed by atoms with E-state index in [9.17, 15) is 4.79 Å². The normalized spacial score (nSPS) is 21.9. The summed E-state index contributed by atoms with van der Waals surface area (Å²) in [4.78, 5) is 17.8. The van der Waals surface area contributed by atoms with Crippen molar-refractivity contribution < 1.29 is 9.21 Å². The molecule has 0 aliphatic carbocycles. The molecule has 1 amide bonds. The van der Waals surface area contributed by atoms with Crippen LogP contribution in [-0.2, 0) is 17.8 Å². The van der Waals surface area contributed by atoms with Gasteiger partial charge in [-0.05, 0) is 63.4 Å². The molecule has 4 rings (SSSR count). The summed E-state index contributed by atoms with van der Waals surface area (Å²) in [6, 6.07) is 13.3. The summed E-state index contributed by atoms with van der Waals surface area (Å²) in [6.07, 6.45) is 9.04. The Kier molecular flexibility index (Phi) is 7.01. The number of hydrogen-bond acceptors (Lipinski definition) is 4. The molecular weight excluding hydrogens is 362 g/mol. The summed E-state index contributed by atoms with van der Waals surface area (Å²) < 4.78 is 5.08. The minimum Gasteiger partial charge on any atom is -0.472 e. The van der Waals surface area contributed by atoms with Gasteiger partial charge in [0.1, 0.15) is 0 Å². The van der Waals surface area contributed by atoms with E-state index in [1.165, 1.54) is 31.5 Å². The van der Waals surface area contributed by atoms with Crippen molar-refractivity contribution in [3.05, 3.63) is 60.1 Å². The zero-order valence-electron chi connectivity index (χ0n) is 17.3. The van der Waals surface area contributed by atoms with Crippen molar-refractivity contribution in [3.63, 3.8) is 0 Å². The molecule has 0 bridgehead atoms. The Labute approximate surface area is 174 Å². The minimum absolute atomic E-state index is 0.117. The number of nitrogens with one attached hydrogen (secondary N) is 1. The summed E-state index contributed by atoms with van der Waals surface area (Å²) in [7, 11) is 0. The largest absolute Gasteiger partial charge is 0.472 e. The fraction of sp³-hybridized carbons (Fsp3) is 0.542. The number of carbonyl (C=O) groups excluding carboxylic acids is 1. The fourth-order valence-electron chi connectivity index (χ4n) is 4.72. The molecule has 29 heavy (non-hydrogen) atoms. The summed E-state index contributed by atoms with van der Waals surface area (Å²) in [5, 5.41) is 3.08. The van der Waals surface area contributed by atoms with Crippen LogP contribution in [-0.4, -0.2) is 54.5 Å². The van der Waals surface area contributed by atoms with Crippen molar-refractivity contribution in [1.82, 2.24) is 15.1 Å². The maximum absolute atomic E-state index is 12.6. The van der Waals surface area contributed by atoms with Crippen molar-refractivity contribution >= 4 is 5.91 Å². The van der Waals surface area contributed by atoms with Gasteiger partial charge in [0, 0.05) is 31.2 Å². The number of nitrogens with zero attached hydrogens (tertiary/aromatic N) is 2. The Morgan fingerprint density at radius 3 is 2.62 bits per heavy atom. The average Bonchev–Trinajstić information content (AvgIpc) is 3.31. The average molecular weight is 396 g/mol. The number of hydrogen-bond donors (Lipinski definition) is 1. The highest BCUT2D eigenvalue weighted by Gasteiger charge is 2.31. The lowest BCUT2D eigenvalue weighted by Gasteiger charge is -2.42. The standard InChI is InChI=1S/C24H33N3O2/c28-24(25-17-21-11-16-29-19-21)22-7-4-12-27(18-22)23-9-14-26(15-10-23)13-8-20-5-2-1-3-6-20/h1-3,5-6,11,16,19,22-23H,4,7-10,12-15,17-18H2,(H,25,28). The lowest BCUT2D eigenvalue weighted by molar-refractivity contribution is -0.127. The highest BCUT2D eigenvalue weighted by atomic mass is 16.3. The molecule has 0 saturated carbocycles. The van der Waals surface area contributed by atoms with Crippen LogP contribution in [0.1, 0.15) is 36.8 Å². The van der Waals surface area contributed by atoms with Gasteiger partial charge in [-0.15, -0.1) is 0 Å². The molecule has 1 N–H and O–H groups in total. The predicted octanol–water partition coefficient (Wildman–Crippen LogP) is 3.31. The SMILES string of the molecule is O=C(NCc1ccoc1)C1CCCN(C2CCN(CCc3ccccc3)CC2)C1. The highest BCUT2D eigenvalue weighted by molar-refractivity contribution is 5.78. The number of carbonyl (C=O) groups is 1. The van der Waals surface area contributed by atoms with Gasteiger partial charge in [-0.25, -0.2) is 0 Å². The van der Waals surface area contributed by atoms with Gasteiger partial charge >= 0.3 is 0 Å². The predicted molar refractivity (Wildman–Crippen MR) is 114 cm³/mol. The van der Waals surface area contributed by atoms with Crippen molar-refractivity contribution in [2.75, 3.05) is 32.7 Å². The van der Waals surface area contributed by atoms with E-state index in [0.29, 0.717) is 12.6 Å². The van der Waals surface area contributed by atoms with Gasteiger partial charge in [0.05, 0.1) is 18.4 Å². The topological polar surface area (TPSA) is 48.7 Å². The summed E-state index contributed by atoms with van der Waals surface area (Å²) >= 11 is 0. The second kappa shape index (κ2) is 10.1. The first kappa shape index (κ1) is 20.2. The molecule has 2 saturated heterocycles. The zero-order chi connectivity index (χ0) is 19.9. The van der Waals surface area contributed by atoms with Crippen LogP contribution in [0, 0.1) is 5.92 Å². The number of benzene rings is 1. The maximum Gasteiger partial charge on any atom is 0.224 e. The van der Waals surface area contributed by atoms with Gasteiger partial charge in [-0.1, -0.05) is 30.3 Å². The van der Waals surface area contributed by atoms with E-state index >= 15 is 0 Å². The van der Waals surface area contributed by atoms with E-state index in [1.54, 1.807) is 12.5 Å². The van der Waals surface area contributed by atoms with Gasteiger partial charge in [0.2, 0.25) is 5.91 Å². The molecule has 2 aliphatic rings. The highest BCUT2D eigenvalue weighted by Crippen LogP contribution is 2.24. The Morgan fingerprint density at radius 1 is 1.03 bits per heavy atom. The quantitative estimate of drug-likeness (QED) is 0.781. The molecule has 5 nitrogen and oxygen atoms in total. The van der Waals surface area contributed by atoms with Crippen LogP contribution in [0.5, 0.6) is 0 Å². The summed E-state index contributed by atoms with van der Waals surface area (Å²) in [6.45, 7) is 6.10. The minimum atomic E-state index is 0.117. The number of likely N-dealkylation sites (tertiary alicyclic amines) is 2. The zero-order valence-corrected chi connectivity index (χ0v) is 17.3. The van der Waals surface area contributed by atoms with Gasteiger partial charge in [-0.3, -0.25) is 9.69 Å². The van der Waals surface area contributed by atoms with Crippen molar-refractivity contribution in [3.8, 4) is 0 Å². The molecule has 2 aliphatic heterocycles. The molecule has 3 heterocycles. The van der Waals surface area contributed by atoms with Gasteiger partial charge in [-0.2, -0.15) is 0 Å². The lowest BCUT2D eigenvalue weighted by atomic mass is 9.93. The summed E-state index contributed by atoms with van der Waals surface area (Å²) in [5.41, 5.74) is 2.45. The molecule has 1 atom stereocenters. The van der Waals surface area contributed by atoms with Crippen LogP contribution >= 0.6 is 0 Å². The molecule has 2 aromatic rings. The Bertz CT molecular complexity index is 739. The fourth-order valence-corrected chi connectivity index (χ4v) is 4.72. The van der Waals surface area contributed by atoms with E-state index in [4.69, 9.17) is 4.42 Å². The Balaban J connectivity index is 1.19. The van der Waals surface area contributed by atoms with E-state index in [-0.39, 0.29) is 11.8 Å². The molecule has 1 aromatic heterocycles. The van der Waals surface area contributed by atoms with E-state index in [2.05, 4.69) is 45.4 Å². The molecule has 2 fully saturated rings. The molecule has 0 spiro atoms. The monoisotopic (exact) mass is 395 g/mol. The van der Waals surface area contributed by atoms with Gasteiger partial charge < -0.3 is 14.6 Å². The number of piperidine rings is 2. The summed E-state index contributed by atoms with van der Waals surface area (Å²) in [5.74, 6) is 0.308. The molecule has 5 heteroatoms. The molecule has 156 valence electrons. The van der Waals surface area contributed by atoms with Crippen LogP contribution in [0.3, 0.4) is 0 Å². The second-order valence-electron chi connectivity index (χ2n) is 8.49. The van der Waals surface area contributed by atoms with Crippen molar-refractivity contribution in [1.29, 1.82) is 0 Å². The molecule has 1 aromatic carbocycles. The van der Waals surface area contributed by atoms with E-state index < -0.39 is 0 Å². The molecular formula is C24H33N3O2. The molecule has 0 radical (unpaired) electrons. The van der Waals surface area contributed by atoms with Crippen LogP contribution in [0.4, 0.5) is 0 Å². The first-order chi connectivity index (χ1) is 14.3. The van der Waals surface area contributed by atoms with Crippen LogP contribution in [0.25, 0.3) is 0 Å². The Morgan fingerprint density at radius 2 is 1.86 bits per heavy atom. The smallest absolute Gasteiger partial charge is 0.224 e. The first-order valence-corrected chi connectivity index (χ1v) is 11.1. The number of rotatable bonds is 7. The van der Waals surface area contributed by atoms with Gasteiger partial charge in [0.25, 0.3) is 0 Å².